The Hall–Kier alpha value is -2.21. The molecule has 0 spiro atoms. The normalized spacial score (nSPS) is 14.6. The lowest BCUT2D eigenvalue weighted by atomic mass is 10.1. The van der Waals surface area contributed by atoms with Crippen molar-refractivity contribution in [3.05, 3.63) is 47.2 Å². The van der Waals surface area contributed by atoms with Crippen LogP contribution in [0.2, 0.25) is 0 Å². The molecular weight excluding hydrogens is 342 g/mol. The summed E-state index contributed by atoms with van der Waals surface area (Å²) in [7, 11) is 0. The summed E-state index contributed by atoms with van der Waals surface area (Å²) in [6, 6.07) is 10.5. The molecule has 1 saturated heterocycles. The Morgan fingerprint density at radius 3 is 2.42 bits per heavy atom. The number of thiocarbonyl (C=S) groups is 1. The predicted molar refractivity (Wildman–Crippen MR) is 112 cm³/mol. The second-order valence-corrected chi connectivity index (χ2v) is 7.29. The molecule has 0 atom stereocenters. The van der Waals surface area contributed by atoms with E-state index in [0.717, 1.165) is 24.6 Å². The van der Waals surface area contributed by atoms with Gasteiger partial charge >= 0.3 is 0 Å². The summed E-state index contributed by atoms with van der Waals surface area (Å²) < 4.78 is 0. The van der Waals surface area contributed by atoms with Crippen molar-refractivity contribution in [1.82, 2.24) is 15.3 Å². The molecule has 1 aromatic carbocycles. The SMILES string of the molecule is Cc1ccc(CNC(=S)Nc2nc(C)cc(N3CCCCCC3)n2)cc1. The van der Waals surface area contributed by atoms with E-state index in [1.165, 1.54) is 36.8 Å². The van der Waals surface area contributed by atoms with Gasteiger partial charge in [-0.25, -0.2) is 4.98 Å². The lowest BCUT2D eigenvalue weighted by Crippen LogP contribution is -2.30. The third-order valence-corrected chi connectivity index (χ3v) is 4.82. The monoisotopic (exact) mass is 369 g/mol. The number of nitrogens with zero attached hydrogens (tertiary/aromatic N) is 3. The fourth-order valence-electron chi connectivity index (χ4n) is 3.10. The highest BCUT2D eigenvalue weighted by Crippen LogP contribution is 2.19. The van der Waals surface area contributed by atoms with Gasteiger partial charge in [-0.2, -0.15) is 4.98 Å². The van der Waals surface area contributed by atoms with Crippen LogP contribution in [0.25, 0.3) is 0 Å². The van der Waals surface area contributed by atoms with Gasteiger partial charge in [0.1, 0.15) is 5.82 Å². The van der Waals surface area contributed by atoms with Crippen LogP contribution in [-0.4, -0.2) is 28.2 Å². The number of hydrogen-bond acceptors (Lipinski definition) is 4. The van der Waals surface area contributed by atoms with Crippen LogP contribution < -0.4 is 15.5 Å². The van der Waals surface area contributed by atoms with Crippen LogP contribution in [0.1, 0.15) is 42.5 Å². The minimum absolute atomic E-state index is 0.540. The van der Waals surface area contributed by atoms with Crippen molar-refractivity contribution in [1.29, 1.82) is 0 Å². The maximum Gasteiger partial charge on any atom is 0.231 e. The molecule has 0 aliphatic carbocycles. The number of anilines is 2. The van der Waals surface area contributed by atoms with Gasteiger partial charge in [-0.05, 0) is 44.5 Å². The summed E-state index contributed by atoms with van der Waals surface area (Å²) in [5.41, 5.74) is 3.39. The minimum atomic E-state index is 0.540. The van der Waals surface area contributed by atoms with E-state index in [0.29, 0.717) is 17.6 Å². The number of aromatic nitrogens is 2. The zero-order valence-electron chi connectivity index (χ0n) is 15.6. The van der Waals surface area contributed by atoms with Crippen LogP contribution in [0.3, 0.4) is 0 Å². The van der Waals surface area contributed by atoms with Gasteiger partial charge in [0.25, 0.3) is 0 Å². The second kappa shape index (κ2) is 8.94. The third-order valence-electron chi connectivity index (χ3n) is 4.57. The van der Waals surface area contributed by atoms with Gasteiger partial charge in [0, 0.05) is 31.4 Å². The molecule has 0 saturated carbocycles. The molecule has 138 valence electrons. The first-order valence-corrected chi connectivity index (χ1v) is 9.72. The summed E-state index contributed by atoms with van der Waals surface area (Å²) in [5.74, 6) is 1.55. The fraction of sp³-hybridized carbons (Fsp3) is 0.450. The van der Waals surface area contributed by atoms with Crippen LogP contribution in [0.5, 0.6) is 0 Å². The topological polar surface area (TPSA) is 53.1 Å². The van der Waals surface area contributed by atoms with Crippen molar-refractivity contribution in [2.24, 2.45) is 0 Å². The Kier molecular flexibility index (Phi) is 6.39. The Labute approximate surface area is 161 Å². The molecule has 1 fully saturated rings. The summed E-state index contributed by atoms with van der Waals surface area (Å²) in [6.45, 7) is 6.88. The van der Waals surface area contributed by atoms with Gasteiger partial charge in [0.2, 0.25) is 5.95 Å². The number of nitrogens with one attached hydrogen (secondary N) is 2. The molecule has 6 heteroatoms. The van der Waals surface area contributed by atoms with Gasteiger partial charge in [0.05, 0.1) is 0 Å². The third kappa shape index (κ3) is 5.39. The smallest absolute Gasteiger partial charge is 0.231 e. The number of aryl methyl sites for hydroxylation is 2. The highest BCUT2D eigenvalue weighted by Gasteiger charge is 2.13. The molecule has 2 N–H and O–H groups in total. The standard InChI is InChI=1S/C20H27N5S/c1-15-7-9-17(10-8-15)14-21-20(26)24-19-22-16(2)13-18(23-19)25-11-5-3-4-6-12-25/h7-10,13H,3-6,11-12,14H2,1-2H3,(H2,21,22,23,24,26). The number of benzene rings is 1. The van der Waals surface area contributed by atoms with Crippen molar-refractivity contribution in [2.75, 3.05) is 23.3 Å². The Balaban J connectivity index is 1.61. The number of rotatable bonds is 4. The molecule has 1 aliphatic heterocycles. The largest absolute Gasteiger partial charge is 0.358 e. The molecule has 1 aliphatic rings. The molecule has 3 rings (SSSR count). The highest BCUT2D eigenvalue weighted by atomic mass is 32.1. The molecule has 0 bridgehead atoms. The average Bonchev–Trinajstić information content (AvgIpc) is 2.90. The van der Waals surface area contributed by atoms with Gasteiger partial charge in [-0.15, -0.1) is 0 Å². The lowest BCUT2D eigenvalue weighted by molar-refractivity contribution is 0.726. The first kappa shape index (κ1) is 18.6. The summed E-state index contributed by atoms with van der Waals surface area (Å²) in [4.78, 5) is 11.5. The van der Waals surface area contributed by atoms with E-state index in [1.807, 2.05) is 6.92 Å². The van der Waals surface area contributed by atoms with Gasteiger partial charge in [-0.1, -0.05) is 42.7 Å². The quantitative estimate of drug-likeness (QED) is 0.796. The predicted octanol–water partition coefficient (Wildman–Crippen LogP) is 3.96. The molecular formula is C20H27N5S. The van der Waals surface area contributed by atoms with Crippen molar-refractivity contribution >= 4 is 29.1 Å². The van der Waals surface area contributed by atoms with Gasteiger partial charge < -0.3 is 15.5 Å². The summed E-state index contributed by atoms with van der Waals surface area (Å²) in [5, 5.41) is 6.89. The van der Waals surface area contributed by atoms with Crippen molar-refractivity contribution in [3.8, 4) is 0 Å². The van der Waals surface area contributed by atoms with Crippen molar-refractivity contribution < 1.29 is 0 Å². The molecule has 5 nitrogen and oxygen atoms in total. The van der Waals surface area contributed by atoms with Crippen molar-refractivity contribution in [2.45, 2.75) is 46.1 Å². The molecule has 0 unspecified atom stereocenters. The van der Waals surface area contributed by atoms with E-state index in [9.17, 15) is 0 Å². The van der Waals surface area contributed by atoms with Crippen LogP contribution >= 0.6 is 12.2 Å². The van der Waals surface area contributed by atoms with E-state index in [4.69, 9.17) is 12.2 Å². The zero-order valence-corrected chi connectivity index (χ0v) is 16.4. The molecule has 2 heterocycles. The highest BCUT2D eigenvalue weighted by molar-refractivity contribution is 7.80. The fourth-order valence-corrected chi connectivity index (χ4v) is 3.27. The number of hydrogen-bond donors (Lipinski definition) is 2. The van der Waals surface area contributed by atoms with E-state index in [2.05, 4.69) is 62.8 Å². The maximum atomic E-state index is 5.41. The first-order chi connectivity index (χ1) is 12.6. The Bertz CT molecular complexity index is 736. The lowest BCUT2D eigenvalue weighted by Gasteiger charge is -2.22. The first-order valence-electron chi connectivity index (χ1n) is 9.31. The molecule has 26 heavy (non-hydrogen) atoms. The van der Waals surface area contributed by atoms with E-state index >= 15 is 0 Å². The Morgan fingerprint density at radius 2 is 1.73 bits per heavy atom. The second-order valence-electron chi connectivity index (χ2n) is 6.89. The molecule has 1 aromatic heterocycles. The van der Waals surface area contributed by atoms with Gasteiger partial charge in [-0.3, -0.25) is 0 Å². The molecule has 2 aromatic rings. The average molecular weight is 370 g/mol. The molecule has 0 amide bonds. The minimum Gasteiger partial charge on any atom is -0.358 e. The summed E-state index contributed by atoms with van der Waals surface area (Å²) in [6.07, 6.45) is 5.06. The van der Waals surface area contributed by atoms with E-state index in [-0.39, 0.29) is 0 Å². The zero-order chi connectivity index (χ0) is 18.4. The van der Waals surface area contributed by atoms with Crippen LogP contribution in [0.15, 0.2) is 30.3 Å². The molecule has 0 radical (unpaired) electrons. The van der Waals surface area contributed by atoms with E-state index in [1.54, 1.807) is 0 Å². The van der Waals surface area contributed by atoms with Crippen LogP contribution in [0.4, 0.5) is 11.8 Å². The maximum absolute atomic E-state index is 5.41. The Morgan fingerprint density at radius 1 is 1.04 bits per heavy atom. The van der Waals surface area contributed by atoms with Crippen molar-refractivity contribution in [3.63, 3.8) is 0 Å². The van der Waals surface area contributed by atoms with Crippen LogP contribution in [0, 0.1) is 13.8 Å². The van der Waals surface area contributed by atoms with Gasteiger partial charge in [0.15, 0.2) is 5.11 Å². The van der Waals surface area contributed by atoms with Crippen LogP contribution in [-0.2, 0) is 6.54 Å². The van der Waals surface area contributed by atoms with E-state index < -0.39 is 0 Å². The summed E-state index contributed by atoms with van der Waals surface area (Å²) >= 11 is 5.41.